The van der Waals surface area contributed by atoms with E-state index in [2.05, 4.69) is 16.0 Å². The van der Waals surface area contributed by atoms with Crippen molar-refractivity contribution >= 4 is 23.2 Å². The van der Waals surface area contributed by atoms with Crippen molar-refractivity contribution < 1.29 is 9.59 Å². The van der Waals surface area contributed by atoms with Crippen molar-refractivity contribution in [1.29, 1.82) is 0 Å². The first-order valence-electron chi connectivity index (χ1n) is 7.77. The highest BCUT2D eigenvalue weighted by Gasteiger charge is 2.70. The molecular formula is C18H15N3O2. The van der Waals surface area contributed by atoms with Gasteiger partial charge in [-0.2, -0.15) is 0 Å². The fourth-order valence-electron chi connectivity index (χ4n) is 4.57. The molecule has 2 atom stereocenters. The van der Waals surface area contributed by atoms with Gasteiger partial charge in [-0.05, 0) is 30.7 Å². The Morgan fingerprint density at radius 3 is 2.17 bits per heavy atom. The van der Waals surface area contributed by atoms with Crippen LogP contribution >= 0.6 is 0 Å². The summed E-state index contributed by atoms with van der Waals surface area (Å²) in [6, 6.07) is 15.3. The van der Waals surface area contributed by atoms with Gasteiger partial charge in [0.05, 0.1) is 0 Å². The molecule has 3 N–H and O–H groups in total. The molecule has 2 amide bonds. The Morgan fingerprint density at radius 2 is 1.39 bits per heavy atom. The zero-order valence-electron chi connectivity index (χ0n) is 12.3. The number of amides is 2. The lowest BCUT2D eigenvalue weighted by Gasteiger charge is -2.37. The van der Waals surface area contributed by atoms with Gasteiger partial charge in [0.25, 0.3) is 5.91 Å². The van der Waals surface area contributed by atoms with Crippen molar-refractivity contribution in [2.24, 2.45) is 0 Å². The van der Waals surface area contributed by atoms with Crippen LogP contribution in [0.1, 0.15) is 17.5 Å². The van der Waals surface area contributed by atoms with Crippen LogP contribution < -0.4 is 16.0 Å². The third kappa shape index (κ3) is 1.25. The summed E-state index contributed by atoms with van der Waals surface area (Å²) >= 11 is 0. The third-order valence-corrected chi connectivity index (χ3v) is 5.47. The first-order chi connectivity index (χ1) is 11.2. The number of carbonyl (C=O) groups is 2. The van der Waals surface area contributed by atoms with Crippen LogP contribution in [0.15, 0.2) is 48.5 Å². The second kappa shape index (κ2) is 4.00. The summed E-state index contributed by atoms with van der Waals surface area (Å²) in [4.78, 5) is 26.1. The second-order valence-electron chi connectivity index (χ2n) is 6.33. The minimum absolute atomic E-state index is 0.101. The molecule has 1 fully saturated rings. The van der Waals surface area contributed by atoms with E-state index in [1.165, 1.54) is 0 Å². The minimum Gasteiger partial charge on any atom is -0.325 e. The monoisotopic (exact) mass is 305 g/mol. The maximum Gasteiger partial charge on any atom is 0.250 e. The number of benzene rings is 2. The largest absolute Gasteiger partial charge is 0.325 e. The Kier molecular flexibility index (Phi) is 2.23. The number of para-hydroxylation sites is 2. The summed E-state index contributed by atoms with van der Waals surface area (Å²) in [5.74, 6) is -0.251. The van der Waals surface area contributed by atoms with Gasteiger partial charge < -0.3 is 10.6 Å². The SMILES string of the molecule is O=C1Nc2ccccc2[C@@]12CCN[C@]21C(=O)Nc2ccccc21. The summed E-state index contributed by atoms with van der Waals surface area (Å²) in [5, 5.41) is 9.29. The van der Waals surface area contributed by atoms with E-state index in [4.69, 9.17) is 0 Å². The van der Waals surface area contributed by atoms with Gasteiger partial charge in [-0.25, -0.2) is 0 Å². The van der Waals surface area contributed by atoms with Crippen molar-refractivity contribution in [3.8, 4) is 0 Å². The topological polar surface area (TPSA) is 70.2 Å². The number of rotatable bonds is 0. The lowest BCUT2D eigenvalue weighted by atomic mass is 9.64. The third-order valence-electron chi connectivity index (χ3n) is 5.47. The molecule has 2 spiro atoms. The van der Waals surface area contributed by atoms with E-state index in [-0.39, 0.29) is 11.8 Å². The standard InChI is InChI=1S/C18H15N3O2/c22-15-17(11-5-1-3-7-13(11)20-15)9-10-19-18(17)12-6-2-4-8-14(12)21-16(18)23/h1-8,19H,9-10H2,(H,20,22)(H,21,23)/t17-,18+/m0/s1. The molecule has 1 saturated heterocycles. The lowest BCUT2D eigenvalue weighted by Crippen LogP contribution is -2.59. The van der Waals surface area contributed by atoms with Crippen LogP contribution in [-0.4, -0.2) is 18.4 Å². The van der Waals surface area contributed by atoms with Gasteiger partial charge in [0.2, 0.25) is 5.91 Å². The molecule has 0 aliphatic carbocycles. The molecule has 0 aromatic heterocycles. The van der Waals surface area contributed by atoms with E-state index in [0.29, 0.717) is 13.0 Å². The van der Waals surface area contributed by atoms with Crippen molar-refractivity contribution in [1.82, 2.24) is 5.32 Å². The van der Waals surface area contributed by atoms with E-state index in [0.717, 1.165) is 22.5 Å². The van der Waals surface area contributed by atoms with E-state index in [9.17, 15) is 9.59 Å². The molecule has 3 heterocycles. The average Bonchev–Trinajstić information content (AvgIpc) is 3.18. The number of carbonyl (C=O) groups excluding carboxylic acids is 2. The van der Waals surface area contributed by atoms with Crippen LogP contribution in [0.3, 0.4) is 0 Å². The molecule has 0 unspecified atom stereocenters. The Hall–Kier alpha value is -2.66. The maximum absolute atomic E-state index is 13.0. The van der Waals surface area contributed by atoms with Gasteiger partial charge in [0.15, 0.2) is 0 Å². The summed E-state index contributed by atoms with van der Waals surface area (Å²) in [6.45, 7) is 0.615. The van der Waals surface area contributed by atoms with Crippen molar-refractivity contribution in [2.75, 3.05) is 17.2 Å². The average molecular weight is 305 g/mol. The van der Waals surface area contributed by atoms with Crippen LogP contribution in [-0.2, 0) is 20.5 Å². The Bertz CT molecular complexity index is 807. The smallest absolute Gasteiger partial charge is 0.250 e. The minimum atomic E-state index is -1.04. The Balaban J connectivity index is 1.86. The molecule has 3 aliphatic rings. The predicted octanol–water partition coefficient (Wildman–Crippen LogP) is 1.72. The lowest BCUT2D eigenvalue weighted by molar-refractivity contribution is -0.131. The molecule has 23 heavy (non-hydrogen) atoms. The molecule has 5 heteroatoms. The summed E-state index contributed by atoms with van der Waals surface area (Å²) in [5.41, 5.74) is 1.40. The second-order valence-corrected chi connectivity index (χ2v) is 6.33. The van der Waals surface area contributed by atoms with Crippen LogP contribution in [0.4, 0.5) is 11.4 Å². The van der Waals surface area contributed by atoms with Crippen LogP contribution in [0, 0.1) is 0 Å². The number of hydrogen-bond acceptors (Lipinski definition) is 3. The molecule has 3 aliphatic heterocycles. The van der Waals surface area contributed by atoms with Crippen molar-refractivity contribution in [2.45, 2.75) is 17.4 Å². The van der Waals surface area contributed by atoms with Crippen molar-refractivity contribution in [3.63, 3.8) is 0 Å². The number of fused-ring (bicyclic) bond motifs is 5. The first-order valence-corrected chi connectivity index (χ1v) is 7.77. The first kappa shape index (κ1) is 12.8. The fourth-order valence-corrected chi connectivity index (χ4v) is 4.57. The molecule has 0 radical (unpaired) electrons. The van der Waals surface area contributed by atoms with Gasteiger partial charge in [-0.3, -0.25) is 14.9 Å². The van der Waals surface area contributed by atoms with Gasteiger partial charge in [0, 0.05) is 16.9 Å². The molecule has 2 aromatic rings. The molecule has 5 nitrogen and oxygen atoms in total. The summed E-state index contributed by atoms with van der Waals surface area (Å²) < 4.78 is 0. The predicted molar refractivity (Wildman–Crippen MR) is 86.1 cm³/mol. The van der Waals surface area contributed by atoms with Gasteiger partial charge in [-0.1, -0.05) is 36.4 Å². The zero-order chi connectivity index (χ0) is 15.7. The van der Waals surface area contributed by atoms with Gasteiger partial charge >= 0.3 is 0 Å². The Morgan fingerprint density at radius 1 is 0.783 bits per heavy atom. The molecule has 0 bridgehead atoms. The van der Waals surface area contributed by atoms with Crippen LogP contribution in [0.25, 0.3) is 0 Å². The van der Waals surface area contributed by atoms with E-state index in [1.54, 1.807) is 0 Å². The Labute approximate surface area is 133 Å². The molecule has 114 valence electrons. The fraction of sp³-hybridized carbons (Fsp3) is 0.222. The van der Waals surface area contributed by atoms with Crippen LogP contribution in [0.5, 0.6) is 0 Å². The van der Waals surface area contributed by atoms with E-state index >= 15 is 0 Å². The highest BCUT2D eigenvalue weighted by Crippen LogP contribution is 2.57. The number of nitrogens with one attached hydrogen (secondary N) is 3. The summed E-state index contributed by atoms with van der Waals surface area (Å²) in [6.07, 6.45) is 0.595. The van der Waals surface area contributed by atoms with Crippen molar-refractivity contribution in [3.05, 3.63) is 59.7 Å². The maximum atomic E-state index is 13.0. The van der Waals surface area contributed by atoms with Crippen LogP contribution in [0.2, 0.25) is 0 Å². The van der Waals surface area contributed by atoms with Gasteiger partial charge in [-0.15, -0.1) is 0 Å². The molecule has 2 aromatic carbocycles. The zero-order valence-corrected chi connectivity index (χ0v) is 12.3. The van der Waals surface area contributed by atoms with E-state index in [1.807, 2.05) is 48.5 Å². The number of hydrogen-bond donors (Lipinski definition) is 3. The quantitative estimate of drug-likeness (QED) is 0.694. The normalized spacial score (nSPS) is 30.4. The van der Waals surface area contributed by atoms with Gasteiger partial charge in [0.1, 0.15) is 11.0 Å². The highest BCUT2D eigenvalue weighted by molar-refractivity contribution is 6.17. The van der Waals surface area contributed by atoms with E-state index < -0.39 is 11.0 Å². The molecule has 5 rings (SSSR count). The molecular weight excluding hydrogens is 290 g/mol. The highest BCUT2D eigenvalue weighted by atomic mass is 16.2. The molecule has 0 saturated carbocycles. The summed E-state index contributed by atoms with van der Waals surface area (Å²) in [7, 11) is 0. The number of anilines is 2.